The van der Waals surface area contributed by atoms with Crippen molar-refractivity contribution in [2.24, 2.45) is 16.5 Å². The molecule has 2 aliphatic rings. The van der Waals surface area contributed by atoms with Crippen LogP contribution in [0.4, 0.5) is 15.9 Å². The second kappa shape index (κ2) is 12.3. The summed E-state index contributed by atoms with van der Waals surface area (Å²) in [5.41, 5.74) is 12.6. The molecule has 3 aromatic rings. The molecular formula is C29H34FN7O3. The van der Waals surface area contributed by atoms with Crippen LogP contribution in [0.25, 0.3) is 0 Å². The van der Waals surface area contributed by atoms with Crippen LogP contribution >= 0.6 is 0 Å². The van der Waals surface area contributed by atoms with Crippen molar-refractivity contribution >= 4 is 23.2 Å². The van der Waals surface area contributed by atoms with E-state index in [0.717, 1.165) is 44.5 Å². The predicted octanol–water partition coefficient (Wildman–Crippen LogP) is 3.74. The van der Waals surface area contributed by atoms with Gasteiger partial charge in [0.1, 0.15) is 5.82 Å². The summed E-state index contributed by atoms with van der Waals surface area (Å²) in [5.74, 6) is 1.23. The number of nitrogens with zero attached hydrogens (tertiary/aromatic N) is 4. The van der Waals surface area contributed by atoms with Crippen molar-refractivity contribution in [3.63, 3.8) is 0 Å². The monoisotopic (exact) mass is 547 g/mol. The Kier molecular flexibility index (Phi) is 8.40. The molecule has 3 heterocycles. The number of ether oxygens (including phenoxy) is 1. The smallest absolute Gasteiger partial charge is 0.350 e. The van der Waals surface area contributed by atoms with E-state index in [1.807, 2.05) is 0 Å². The average Bonchev–Trinajstić information content (AvgIpc) is 2.95. The number of rotatable bonds is 10. The predicted molar refractivity (Wildman–Crippen MR) is 152 cm³/mol. The molecule has 2 aromatic carbocycles. The number of nitrogens with two attached hydrogens (primary N) is 2. The van der Waals surface area contributed by atoms with Gasteiger partial charge in [-0.2, -0.15) is 4.98 Å². The number of anilines is 2. The van der Waals surface area contributed by atoms with E-state index in [0.29, 0.717) is 54.4 Å². The Morgan fingerprint density at radius 1 is 1.10 bits per heavy atom. The minimum atomic E-state index is -0.336. The van der Waals surface area contributed by atoms with Gasteiger partial charge in [0.25, 0.3) is 0 Å². The lowest BCUT2D eigenvalue weighted by Gasteiger charge is -2.33. The van der Waals surface area contributed by atoms with Gasteiger partial charge in [0.2, 0.25) is 0 Å². The van der Waals surface area contributed by atoms with Crippen LogP contribution in [0.15, 0.2) is 58.4 Å². The fourth-order valence-corrected chi connectivity index (χ4v) is 5.19. The zero-order valence-corrected chi connectivity index (χ0v) is 22.3. The molecule has 11 heteroatoms. The van der Waals surface area contributed by atoms with Gasteiger partial charge >= 0.3 is 5.69 Å². The summed E-state index contributed by atoms with van der Waals surface area (Å²) in [6.45, 7) is 3.26. The third-order valence-corrected chi connectivity index (χ3v) is 7.35. The lowest BCUT2D eigenvalue weighted by molar-refractivity contribution is 0.0980. The minimum Gasteiger partial charge on any atom is -0.450 e. The number of carbonyl (C=O) groups is 1. The Hall–Kier alpha value is -4.25. The van der Waals surface area contributed by atoms with E-state index in [-0.39, 0.29) is 29.3 Å². The van der Waals surface area contributed by atoms with Gasteiger partial charge in [0, 0.05) is 37.7 Å². The number of aliphatic imine (C=N–C) groups is 1. The summed E-state index contributed by atoms with van der Waals surface area (Å²) in [5, 5.41) is 3.16. The van der Waals surface area contributed by atoms with E-state index in [1.165, 1.54) is 12.1 Å². The molecule has 210 valence electrons. The summed E-state index contributed by atoms with van der Waals surface area (Å²) in [7, 11) is 0. The molecule has 1 aromatic heterocycles. The van der Waals surface area contributed by atoms with Gasteiger partial charge in [-0.3, -0.25) is 14.4 Å². The molecule has 10 nitrogen and oxygen atoms in total. The average molecular weight is 548 g/mol. The highest BCUT2D eigenvalue weighted by Gasteiger charge is 2.25. The Balaban J connectivity index is 1.17. The standard InChI is InChI=1S/C29H34FN7O3/c30-21-8-5-19(6-9-21)3-1-4-24(38)20-7-10-25-23(17-20)34-27-26(40-25)18-37(29(39)35-27)22-11-15-36(16-12-22)14-2-13-33-28(31)32/h5-10,17-18,22H,1-4,11-16H2,(H4,31,32,33)(H,34,35,39). The first-order chi connectivity index (χ1) is 19.4. The van der Waals surface area contributed by atoms with Gasteiger partial charge in [-0.25, -0.2) is 9.18 Å². The molecule has 0 saturated carbocycles. The van der Waals surface area contributed by atoms with E-state index in [1.54, 1.807) is 41.1 Å². The number of hydrogen-bond acceptors (Lipinski definition) is 7. The summed E-state index contributed by atoms with van der Waals surface area (Å²) in [6, 6.07) is 11.6. The van der Waals surface area contributed by atoms with Crippen molar-refractivity contribution in [1.29, 1.82) is 0 Å². The Bertz CT molecular complexity index is 1440. The number of benzene rings is 2. The van der Waals surface area contributed by atoms with Crippen molar-refractivity contribution in [1.82, 2.24) is 14.5 Å². The first-order valence-electron chi connectivity index (χ1n) is 13.6. The van der Waals surface area contributed by atoms with Crippen LogP contribution in [0.3, 0.4) is 0 Å². The van der Waals surface area contributed by atoms with Crippen LogP contribution in [0.5, 0.6) is 11.5 Å². The Labute approximate surface area is 231 Å². The van der Waals surface area contributed by atoms with Gasteiger partial charge in [0.05, 0.1) is 11.9 Å². The number of piperidine rings is 1. The first kappa shape index (κ1) is 27.3. The number of ketones is 1. The summed E-state index contributed by atoms with van der Waals surface area (Å²) < 4.78 is 20.8. The van der Waals surface area contributed by atoms with E-state index >= 15 is 0 Å². The fraction of sp³-hybridized carbons (Fsp3) is 0.379. The molecular weight excluding hydrogens is 513 g/mol. The second-order valence-corrected chi connectivity index (χ2v) is 10.2. The molecule has 5 rings (SSSR count). The van der Waals surface area contributed by atoms with Gasteiger partial charge in [-0.05, 0) is 74.5 Å². The number of fused-ring (bicyclic) bond motifs is 2. The number of Topliss-reactive ketones (excluding diaryl/α,β-unsaturated/α-hetero) is 1. The molecule has 1 fully saturated rings. The van der Waals surface area contributed by atoms with Crippen LogP contribution in [-0.4, -0.2) is 52.4 Å². The van der Waals surface area contributed by atoms with Crippen molar-refractivity contribution in [2.75, 3.05) is 31.5 Å². The van der Waals surface area contributed by atoms with Crippen LogP contribution in [0.1, 0.15) is 54.1 Å². The number of carbonyl (C=O) groups excluding carboxylic acids is 1. The van der Waals surface area contributed by atoms with Crippen LogP contribution in [0, 0.1) is 5.82 Å². The number of likely N-dealkylation sites (tertiary alicyclic amines) is 1. The number of aromatic nitrogens is 2. The molecule has 0 unspecified atom stereocenters. The molecule has 0 atom stereocenters. The highest BCUT2D eigenvalue weighted by Crippen LogP contribution is 2.41. The summed E-state index contributed by atoms with van der Waals surface area (Å²) >= 11 is 0. The SMILES string of the molecule is NC(N)=NCCCN1CCC(n2cc3c(nc2=O)Nc2cc(C(=O)CCCc4ccc(F)cc4)ccc2O3)CC1. The lowest BCUT2D eigenvalue weighted by Crippen LogP contribution is -2.38. The lowest BCUT2D eigenvalue weighted by atomic mass is 10.0. The molecule has 2 aliphatic heterocycles. The highest BCUT2D eigenvalue weighted by molar-refractivity contribution is 5.97. The van der Waals surface area contributed by atoms with Crippen molar-refractivity contribution in [2.45, 2.75) is 44.6 Å². The number of nitrogens with one attached hydrogen (secondary N) is 1. The van der Waals surface area contributed by atoms with Crippen molar-refractivity contribution in [3.05, 3.63) is 76.1 Å². The molecule has 40 heavy (non-hydrogen) atoms. The topological polar surface area (TPSA) is 141 Å². The maximum Gasteiger partial charge on any atom is 0.350 e. The van der Waals surface area contributed by atoms with Crippen molar-refractivity contribution < 1.29 is 13.9 Å². The van der Waals surface area contributed by atoms with Gasteiger partial charge in [-0.1, -0.05) is 12.1 Å². The van der Waals surface area contributed by atoms with Gasteiger partial charge in [0.15, 0.2) is 29.1 Å². The summed E-state index contributed by atoms with van der Waals surface area (Å²) in [4.78, 5) is 36.3. The number of halogens is 1. The summed E-state index contributed by atoms with van der Waals surface area (Å²) in [6.07, 6.45) is 6.00. The van der Waals surface area contributed by atoms with Crippen molar-refractivity contribution in [3.8, 4) is 11.5 Å². The molecule has 0 aliphatic carbocycles. The third-order valence-electron chi connectivity index (χ3n) is 7.35. The second-order valence-electron chi connectivity index (χ2n) is 10.2. The maximum atomic E-state index is 13.1. The first-order valence-corrected chi connectivity index (χ1v) is 13.6. The van der Waals surface area contributed by atoms with Crippen LogP contribution < -0.4 is 27.2 Å². The minimum absolute atomic E-state index is 0.00321. The Morgan fingerprint density at radius 3 is 2.62 bits per heavy atom. The number of guanidine groups is 1. The molecule has 0 amide bonds. The fourth-order valence-electron chi connectivity index (χ4n) is 5.19. The van der Waals surface area contributed by atoms with E-state index in [4.69, 9.17) is 16.2 Å². The zero-order valence-electron chi connectivity index (χ0n) is 22.3. The zero-order chi connectivity index (χ0) is 28.1. The highest BCUT2D eigenvalue weighted by atomic mass is 19.1. The normalized spacial score (nSPS) is 14.9. The molecule has 0 bridgehead atoms. The van der Waals surface area contributed by atoms with Gasteiger partial charge < -0.3 is 26.4 Å². The molecule has 1 saturated heterocycles. The maximum absolute atomic E-state index is 13.1. The van der Waals surface area contributed by atoms with Crippen LogP contribution in [0.2, 0.25) is 0 Å². The van der Waals surface area contributed by atoms with Crippen LogP contribution in [-0.2, 0) is 6.42 Å². The molecule has 0 spiro atoms. The van der Waals surface area contributed by atoms with E-state index < -0.39 is 0 Å². The quantitative estimate of drug-likeness (QED) is 0.118. The largest absolute Gasteiger partial charge is 0.450 e. The number of hydrogen-bond donors (Lipinski definition) is 3. The Morgan fingerprint density at radius 2 is 1.88 bits per heavy atom. The van der Waals surface area contributed by atoms with E-state index in [2.05, 4.69) is 20.2 Å². The third kappa shape index (κ3) is 6.66. The van der Waals surface area contributed by atoms with Gasteiger partial charge in [-0.15, -0.1) is 0 Å². The molecule has 5 N–H and O–H groups in total. The molecule has 0 radical (unpaired) electrons. The number of aryl methyl sites for hydroxylation is 1. The van der Waals surface area contributed by atoms with E-state index in [9.17, 15) is 14.0 Å².